The van der Waals surface area contributed by atoms with E-state index in [4.69, 9.17) is 5.11 Å². The highest BCUT2D eigenvalue weighted by Gasteiger charge is 2.10. The molecule has 0 aliphatic rings. The van der Waals surface area contributed by atoms with Gasteiger partial charge in [0.25, 0.3) is 0 Å². The third kappa shape index (κ3) is 10.1. The molecule has 1 unspecified atom stereocenters. The van der Waals surface area contributed by atoms with Gasteiger partial charge in [0, 0.05) is 38.5 Å². The fourth-order valence-corrected chi connectivity index (χ4v) is 1.58. The van der Waals surface area contributed by atoms with Crippen molar-refractivity contribution in [3.63, 3.8) is 0 Å². The maximum atomic E-state index is 11.4. The molecule has 0 amide bonds. The van der Waals surface area contributed by atoms with Gasteiger partial charge < -0.3 is 5.11 Å². The van der Waals surface area contributed by atoms with Crippen LogP contribution in [-0.2, 0) is 14.4 Å². The molecule has 0 aromatic carbocycles. The van der Waals surface area contributed by atoms with Gasteiger partial charge in [0.15, 0.2) is 0 Å². The average Bonchev–Trinajstić information content (AvgIpc) is 2.31. The fourth-order valence-electron chi connectivity index (χ4n) is 1.58. The molecule has 104 valence electrons. The lowest BCUT2D eigenvalue weighted by Gasteiger charge is -2.03. The Kier molecular flexibility index (Phi) is 9.38. The minimum Gasteiger partial charge on any atom is -0.393 e. The lowest BCUT2D eigenvalue weighted by Crippen LogP contribution is -2.09. The number of hydrogen-bond acceptors (Lipinski definition) is 4. The van der Waals surface area contributed by atoms with Crippen LogP contribution in [0, 0.1) is 0 Å². The summed E-state index contributed by atoms with van der Waals surface area (Å²) in [4.78, 5) is 34.0. The van der Waals surface area contributed by atoms with Crippen molar-refractivity contribution in [2.75, 3.05) is 0 Å². The van der Waals surface area contributed by atoms with Crippen LogP contribution in [0.4, 0.5) is 0 Å². The van der Waals surface area contributed by atoms with Gasteiger partial charge in [0.05, 0.1) is 6.10 Å². The molecule has 0 bridgehead atoms. The number of aliphatic hydroxyl groups is 1. The molecule has 0 aliphatic heterocycles. The molecule has 0 radical (unpaired) electrons. The quantitative estimate of drug-likeness (QED) is 0.615. The van der Waals surface area contributed by atoms with Crippen LogP contribution in [0.1, 0.15) is 65.2 Å². The van der Waals surface area contributed by atoms with Gasteiger partial charge >= 0.3 is 0 Å². The Morgan fingerprint density at radius 2 is 1.22 bits per heavy atom. The second-order valence-corrected chi connectivity index (χ2v) is 4.75. The van der Waals surface area contributed by atoms with E-state index < -0.39 is 6.10 Å². The van der Waals surface area contributed by atoms with Crippen LogP contribution < -0.4 is 0 Å². The summed E-state index contributed by atoms with van der Waals surface area (Å²) >= 11 is 0. The monoisotopic (exact) mass is 256 g/mol. The molecule has 0 aliphatic carbocycles. The lowest BCUT2D eigenvalue weighted by atomic mass is 10.0. The second kappa shape index (κ2) is 9.95. The number of aliphatic hydroxyl groups excluding tert-OH is 1. The van der Waals surface area contributed by atoms with Crippen molar-refractivity contribution in [3.8, 4) is 0 Å². The van der Waals surface area contributed by atoms with Gasteiger partial charge in [0.2, 0.25) is 0 Å². The van der Waals surface area contributed by atoms with Gasteiger partial charge in [-0.3, -0.25) is 14.4 Å². The molecule has 0 rings (SSSR count). The first-order valence-electron chi connectivity index (χ1n) is 6.68. The van der Waals surface area contributed by atoms with Crippen molar-refractivity contribution in [2.24, 2.45) is 0 Å². The zero-order valence-electron chi connectivity index (χ0n) is 11.4. The molecule has 18 heavy (non-hydrogen) atoms. The Balaban J connectivity index is 3.64. The predicted molar refractivity (Wildman–Crippen MR) is 69.3 cm³/mol. The van der Waals surface area contributed by atoms with Crippen molar-refractivity contribution in [3.05, 3.63) is 0 Å². The van der Waals surface area contributed by atoms with Gasteiger partial charge in [-0.1, -0.05) is 6.92 Å². The summed E-state index contributed by atoms with van der Waals surface area (Å²) in [5, 5.41) is 9.02. The summed E-state index contributed by atoms with van der Waals surface area (Å²) in [5.74, 6) is 0.0975. The topological polar surface area (TPSA) is 71.4 Å². The lowest BCUT2D eigenvalue weighted by molar-refractivity contribution is -0.126. The van der Waals surface area contributed by atoms with Gasteiger partial charge in [-0.15, -0.1) is 0 Å². The maximum absolute atomic E-state index is 11.4. The summed E-state index contributed by atoms with van der Waals surface area (Å²) < 4.78 is 0. The van der Waals surface area contributed by atoms with Crippen LogP contribution in [0.2, 0.25) is 0 Å². The minimum atomic E-state index is -0.476. The number of hydrogen-bond donors (Lipinski definition) is 1. The van der Waals surface area contributed by atoms with Crippen LogP contribution in [0.5, 0.6) is 0 Å². The first kappa shape index (κ1) is 17.0. The van der Waals surface area contributed by atoms with Gasteiger partial charge in [-0.2, -0.15) is 0 Å². The van der Waals surface area contributed by atoms with E-state index in [2.05, 4.69) is 0 Å². The van der Waals surface area contributed by atoms with Crippen LogP contribution in [0.25, 0.3) is 0 Å². The smallest absolute Gasteiger partial charge is 0.133 e. The molecule has 4 nitrogen and oxygen atoms in total. The molecule has 4 heteroatoms. The van der Waals surface area contributed by atoms with Gasteiger partial charge in [0.1, 0.15) is 17.3 Å². The summed E-state index contributed by atoms with van der Waals surface area (Å²) in [5.41, 5.74) is 0. The first-order valence-corrected chi connectivity index (χ1v) is 6.68. The summed E-state index contributed by atoms with van der Waals surface area (Å²) in [7, 11) is 0. The molecule has 0 aromatic rings. The number of Topliss-reactive ketones (excluding diaryl/α,β-unsaturated/α-hetero) is 3. The van der Waals surface area contributed by atoms with Crippen molar-refractivity contribution in [1.82, 2.24) is 0 Å². The van der Waals surface area contributed by atoms with E-state index in [0.29, 0.717) is 25.7 Å². The Bertz CT molecular complexity index is 282. The predicted octanol–water partition coefficient (Wildman–Crippen LogP) is 2.22. The number of carbonyl (C=O) groups is 3. The molecule has 0 fully saturated rings. The normalized spacial score (nSPS) is 12.2. The second-order valence-electron chi connectivity index (χ2n) is 4.75. The van der Waals surface area contributed by atoms with Gasteiger partial charge in [-0.05, 0) is 19.8 Å². The van der Waals surface area contributed by atoms with Crippen molar-refractivity contribution < 1.29 is 19.5 Å². The van der Waals surface area contributed by atoms with Crippen LogP contribution in [-0.4, -0.2) is 28.6 Å². The highest BCUT2D eigenvalue weighted by molar-refractivity contribution is 5.89. The van der Waals surface area contributed by atoms with E-state index in [9.17, 15) is 14.4 Å². The maximum Gasteiger partial charge on any atom is 0.133 e. The first-order chi connectivity index (χ1) is 8.45. The number of rotatable bonds is 11. The Hall–Kier alpha value is -1.03. The highest BCUT2D eigenvalue weighted by atomic mass is 16.3. The van der Waals surface area contributed by atoms with E-state index in [-0.39, 0.29) is 36.6 Å². The molecule has 1 atom stereocenters. The summed E-state index contributed by atoms with van der Waals surface area (Å²) in [6.45, 7) is 3.57. The summed E-state index contributed by atoms with van der Waals surface area (Å²) in [6, 6.07) is 0. The summed E-state index contributed by atoms with van der Waals surface area (Å²) in [6.07, 6.45) is 2.63. The van der Waals surface area contributed by atoms with E-state index in [1.807, 2.05) is 6.92 Å². The molecular formula is C14H24O4. The molecule has 0 spiro atoms. The fraction of sp³-hybridized carbons (Fsp3) is 0.786. The van der Waals surface area contributed by atoms with Crippen molar-refractivity contribution >= 4 is 17.3 Å². The Morgan fingerprint density at radius 3 is 1.61 bits per heavy atom. The third-order valence-electron chi connectivity index (χ3n) is 2.74. The molecule has 1 N–H and O–H groups in total. The Morgan fingerprint density at radius 1 is 0.833 bits per heavy atom. The molecule has 0 saturated carbocycles. The average molecular weight is 256 g/mol. The standard InChI is InChI=1S/C14H24O4/c1-3-4-12(16)7-8-14(18)10-9-13(17)6-5-11(2)15/h11,15H,3-10H2,1-2H3. The van der Waals surface area contributed by atoms with E-state index >= 15 is 0 Å². The highest BCUT2D eigenvalue weighted by Crippen LogP contribution is 2.06. The van der Waals surface area contributed by atoms with Crippen molar-refractivity contribution in [2.45, 2.75) is 71.3 Å². The molecule has 0 aromatic heterocycles. The van der Waals surface area contributed by atoms with Crippen LogP contribution >= 0.6 is 0 Å². The van der Waals surface area contributed by atoms with Crippen LogP contribution in [0.3, 0.4) is 0 Å². The molecule has 0 heterocycles. The van der Waals surface area contributed by atoms with Crippen LogP contribution in [0.15, 0.2) is 0 Å². The minimum absolute atomic E-state index is 0.00383. The third-order valence-corrected chi connectivity index (χ3v) is 2.74. The van der Waals surface area contributed by atoms with Gasteiger partial charge in [-0.25, -0.2) is 0 Å². The zero-order chi connectivity index (χ0) is 14.0. The Labute approximate surface area is 109 Å². The zero-order valence-corrected chi connectivity index (χ0v) is 11.4. The van der Waals surface area contributed by atoms with E-state index in [0.717, 1.165) is 6.42 Å². The number of carbonyl (C=O) groups excluding carboxylic acids is 3. The van der Waals surface area contributed by atoms with Crippen molar-refractivity contribution in [1.29, 1.82) is 0 Å². The van der Waals surface area contributed by atoms with E-state index in [1.165, 1.54) is 0 Å². The largest absolute Gasteiger partial charge is 0.393 e. The SMILES string of the molecule is CCCC(=O)CCC(=O)CCC(=O)CCC(C)O. The number of ketones is 3. The molecular weight excluding hydrogens is 232 g/mol. The molecule has 0 saturated heterocycles. The van der Waals surface area contributed by atoms with E-state index in [1.54, 1.807) is 6.92 Å².